The zero-order valence-electron chi connectivity index (χ0n) is 8.36. The molecule has 0 aromatic heterocycles. The Balaban J connectivity index is 2.22. The number of aliphatic carboxylic acids is 1. The number of nitrogens with one attached hydrogen (secondary N) is 1. The molecular formula is C9H14N2O4. The molecule has 1 fully saturated rings. The lowest BCUT2D eigenvalue weighted by molar-refractivity contribution is -0.150. The van der Waals surface area contributed by atoms with Gasteiger partial charge in [0.15, 0.2) is 0 Å². The molecule has 2 N–H and O–H groups in total. The van der Waals surface area contributed by atoms with Crippen molar-refractivity contribution in [2.45, 2.75) is 19.3 Å². The topological polar surface area (TPSA) is 86.7 Å². The van der Waals surface area contributed by atoms with E-state index in [1.54, 1.807) is 4.90 Å². The SMILES string of the molecule is O=C(O)C(=O)NCCN1CCCCC1=O. The molecule has 84 valence electrons. The third-order valence-electron chi connectivity index (χ3n) is 2.28. The summed E-state index contributed by atoms with van der Waals surface area (Å²) < 4.78 is 0. The van der Waals surface area contributed by atoms with Crippen LogP contribution in [0.2, 0.25) is 0 Å². The lowest BCUT2D eigenvalue weighted by Gasteiger charge is -2.26. The van der Waals surface area contributed by atoms with Gasteiger partial charge in [0.2, 0.25) is 5.91 Å². The first-order valence-corrected chi connectivity index (χ1v) is 4.90. The van der Waals surface area contributed by atoms with Crippen molar-refractivity contribution in [3.8, 4) is 0 Å². The van der Waals surface area contributed by atoms with Crippen molar-refractivity contribution >= 4 is 17.8 Å². The van der Waals surface area contributed by atoms with E-state index in [1.165, 1.54) is 0 Å². The molecule has 0 spiro atoms. The normalized spacial score (nSPS) is 16.3. The van der Waals surface area contributed by atoms with Gasteiger partial charge in [-0.05, 0) is 12.8 Å². The Morgan fingerprint density at radius 1 is 1.40 bits per heavy atom. The number of nitrogens with zero attached hydrogens (tertiary/aromatic N) is 1. The molecule has 2 amide bonds. The summed E-state index contributed by atoms with van der Waals surface area (Å²) in [4.78, 5) is 33.8. The fourth-order valence-electron chi connectivity index (χ4n) is 1.48. The van der Waals surface area contributed by atoms with Crippen LogP contribution in [0.1, 0.15) is 19.3 Å². The van der Waals surface area contributed by atoms with E-state index in [0.717, 1.165) is 12.8 Å². The fraction of sp³-hybridized carbons (Fsp3) is 0.667. The van der Waals surface area contributed by atoms with Gasteiger partial charge in [0.1, 0.15) is 0 Å². The van der Waals surface area contributed by atoms with Crippen molar-refractivity contribution in [1.82, 2.24) is 10.2 Å². The monoisotopic (exact) mass is 214 g/mol. The van der Waals surface area contributed by atoms with E-state index in [1.807, 2.05) is 0 Å². The Morgan fingerprint density at radius 2 is 2.13 bits per heavy atom. The molecule has 6 nitrogen and oxygen atoms in total. The largest absolute Gasteiger partial charge is 0.474 e. The molecule has 6 heteroatoms. The van der Waals surface area contributed by atoms with E-state index in [9.17, 15) is 14.4 Å². The second-order valence-corrected chi connectivity index (χ2v) is 3.40. The first-order valence-electron chi connectivity index (χ1n) is 4.90. The van der Waals surface area contributed by atoms with Crippen molar-refractivity contribution in [3.05, 3.63) is 0 Å². The van der Waals surface area contributed by atoms with Crippen LogP contribution in [-0.4, -0.2) is 47.4 Å². The fourth-order valence-corrected chi connectivity index (χ4v) is 1.48. The first kappa shape index (κ1) is 11.5. The second-order valence-electron chi connectivity index (χ2n) is 3.40. The van der Waals surface area contributed by atoms with Crippen molar-refractivity contribution in [2.75, 3.05) is 19.6 Å². The van der Waals surface area contributed by atoms with Crippen LogP contribution >= 0.6 is 0 Å². The molecule has 0 bridgehead atoms. The minimum atomic E-state index is -1.50. The number of rotatable bonds is 3. The van der Waals surface area contributed by atoms with Gasteiger partial charge in [-0.3, -0.25) is 9.59 Å². The molecule has 1 rings (SSSR count). The Labute approximate surface area is 87.2 Å². The van der Waals surface area contributed by atoms with Gasteiger partial charge in [-0.15, -0.1) is 0 Å². The van der Waals surface area contributed by atoms with Crippen LogP contribution in [0.15, 0.2) is 0 Å². The standard InChI is InChI=1S/C9H14N2O4/c12-7-3-1-2-5-11(7)6-4-10-8(13)9(14)15/h1-6H2,(H,10,13)(H,14,15). The maximum absolute atomic E-state index is 11.3. The number of hydrogen-bond donors (Lipinski definition) is 2. The maximum atomic E-state index is 11.3. The average molecular weight is 214 g/mol. The van der Waals surface area contributed by atoms with Gasteiger partial charge >= 0.3 is 11.9 Å². The Hall–Kier alpha value is -1.59. The first-order chi connectivity index (χ1) is 7.11. The van der Waals surface area contributed by atoms with Gasteiger partial charge in [0.05, 0.1) is 0 Å². The van der Waals surface area contributed by atoms with E-state index in [2.05, 4.69) is 5.32 Å². The van der Waals surface area contributed by atoms with Crippen molar-refractivity contribution < 1.29 is 19.5 Å². The van der Waals surface area contributed by atoms with Crippen LogP contribution in [-0.2, 0) is 14.4 Å². The molecule has 0 unspecified atom stereocenters. The molecule has 1 aliphatic rings. The van der Waals surface area contributed by atoms with Crippen LogP contribution in [0.4, 0.5) is 0 Å². The Bertz CT molecular complexity index is 277. The Kier molecular flexibility index (Phi) is 4.08. The average Bonchev–Trinajstić information content (AvgIpc) is 2.20. The molecule has 1 aliphatic heterocycles. The van der Waals surface area contributed by atoms with Crippen LogP contribution < -0.4 is 5.32 Å². The van der Waals surface area contributed by atoms with Gasteiger partial charge in [0, 0.05) is 26.1 Å². The maximum Gasteiger partial charge on any atom is 0.394 e. The number of carboxylic acids is 1. The summed E-state index contributed by atoms with van der Waals surface area (Å²) in [6, 6.07) is 0. The summed E-state index contributed by atoms with van der Waals surface area (Å²) in [5.41, 5.74) is 0. The number of hydrogen-bond acceptors (Lipinski definition) is 3. The number of piperidine rings is 1. The molecule has 0 atom stereocenters. The van der Waals surface area contributed by atoms with Crippen LogP contribution in [0.5, 0.6) is 0 Å². The van der Waals surface area contributed by atoms with Crippen molar-refractivity contribution in [1.29, 1.82) is 0 Å². The smallest absolute Gasteiger partial charge is 0.394 e. The highest BCUT2D eigenvalue weighted by atomic mass is 16.4. The number of carboxylic acid groups (broad SMARTS) is 1. The highest BCUT2D eigenvalue weighted by Crippen LogP contribution is 2.09. The zero-order chi connectivity index (χ0) is 11.3. The van der Waals surface area contributed by atoms with Crippen LogP contribution in [0.3, 0.4) is 0 Å². The predicted molar refractivity (Wildman–Crippen MR) is 51.1 cm³/mol. The number of carbonyl (C=O) groups excluding carboxylic acids is 2. The summed E-state index contributed by atoms with van der Waals surface area (Å²) in [6.07, 6.45) is 2.43. The number of likely N-dealkylation sites (tertiary alicyclic amines) is 1. The summed E-state index contributed by atoms with van der Waals surface area (Å²) in [5, 5.41) is 10.5. The molecule has 1 heterocycles. The van der Waals surface area contributed by atoms with Crippen molar-refractivity contribution in [3.63, 3.8) is 0 Å². The van der Waals surface area contributed by atoms with Gasteiger partial charge in [-0.2, -0.15) is 0 Å². The summed E-state index contributed by atoms with van der Waals surface area (Å²) >= 11 is 0. The quantitative estimate of drug-likeness (QED) is 0.602. The minimum absolute atomic E-state index is 0.0748. The predicted octanol–water partition coefficient (Wildman–Crippen LogP) is -0.800. The van der Waals surface area contributed by atoms with Gasteiger partial charge in [-0.25, -0.2) is 4.79 Å². The summed E-state index contributed by atoms with van der Waals surface area (Å²) in [6.45, 7) is 1.27. The van der Waals surface area contributed by atoms with Crippen molar-refractivity contribution in [2.24, 2.45) is 0 Å². The molecule has 0 aromatic rings. The molecule has 0 aromatic carbocycles. The molecule has 1 saturated heterocycles. The molecule has 0 saturated carbocycles. The zero-order valence-corrected chi connectivity index (χ0v) is 8.36. The highest BCUT2D eigenvalue weighted by molar-refractivity contribution is 6.31. The third kappa shape index (κ3) is 3.57. The molecule has 15 heavy (non-hydrogen) atoms. The van der Waals surface area contributed by atoms with E-state index >= 15 is 0 Å². The third-order valence-corrected chi connectivity index (χ3v) is 2.28. The van der Waals surface area contributed by atoms with Crippen LogP contribution in [0, 0.1) is 0 Å². The molecular weight excluding hydrogens is 200 g/mol. The molecule has 0 radical (unpaired) electrons. The summed E-state index contributed by atoms with van der Waals surface area (Å²) in [7, 11) is 0. The van der Waals surface area contributed by atoms with E-state index in [0.29, 0.717) is 19.5 Å². The Morgan fingerprint density at radius 3 is 2.73 bits per heavy atom. The van der Waals surface area contributed by atoms with E-state index in [4.69, 9.17) is 5.11 Å². The second kappa shape index (κ2) is 5.33. The van der Waals surface area contributed by atoms with Crippen LogP contribution in [0.25, 0.3) is 0 Å². The summed E-state index contributed by atoms with van der Waals surface area (Å²) in [5.74, 6) is -2.45. The minimum Gasteiger partial charge on any atom is -0.474 e. The molecule has 0 aliphatic carbocycles. The number of amides is 2. The number of carbonyl (C=O) groups is 3. The van der Waals surface area contributed by atoms with E-state index < -0.39 is 11.9 Å². The van der Waals surface area contributed by atoms with Gasteiger partial charge in [-0.1, -0.05) is 0 Å². The van der Waals surface area contributed by atoms with Gasteiger partial charge < -0.3 is 15.3 Å². The van der Waals surface area contributed by atoms with E-state index in [-0.39, 0.29) is 12.5 Å². The van der Waals surface area contributed by atoms with Gasteiger partial charge in [0.25, 0.3) is 0 Å². The lowest BCUT2D eigenvalue weighted by atomic mass is 10.1. The highest BCUT2D eigenvalue weighted by Gasteiger charge is 2.18. The lowest BCUT2D eigenvalue weighted by Crippen LogP contribution is -2.42.